The third kappa shape index (κ3) is 9.45. The molecule has 2 heterocycles. The number of aromatic nitrogens is 1. The maximum Gasteiger partial charge on any atom is 0.374 e. The molecule has 0 spiro atoms. The van der Waals surface area contributed by atoms with Gasteiger partial charge in [-0.05, 0) is 86.7 Å². The number of nitrogens with zero attached hydrogens (tertiary/aromatic N) is 3. The zero-order chi connectivity index (χ0) is 39.6. The molecule has 2 aliphatic rings. The quantitative estimate of drug-likeness (QED) is 0.0519. The van der Waals surface area contributed by atoms with E-state index in [1.807, 2.05) is 37.3 Å². The molecule has 7 heteroatoms. The molecule has 6 rings (SSSR count). The van der Waals surface area contributed by atoms with Gasteiger partial charge in [-0.3, -0.25) is 9.69 Å². The number of aryl methyl sites for hydroxylation is 4. The molecule has 0 atom stereocenters. The van der Waals surface area contributed by atoms with Gasteiger partial charge < -0.3 is 14.4 Å². The van der Waals surface area contributed by atoms with Gasteiger partial charge in [0.15, 0.2) is 6.54 Å². The minimum Gasteiger partial charge on any atom is -0.506 e. The standard InChI is InChI=1S/C49H62ClN3O3/c1-6-8-10-12-14-16-18-23-27-51-42-34-41(50)37(5)30-43(42)53(38-25-21-20-22-26-38)46(51)32-39-48(54)40(49(39)55)33-47-52(28-24-19-17-15-13-11-9-7-2)44-29-35(3)36(4)31-45(44)56-47/h20-22,25-26,29-34H,6-19,23-24,27-28H2,1-5H3/p+1. The van der Waals surface area contributed by atoms with Crippen molar-refractivity contribution in [1.82, 2.24) is 0 Å². The minimum absolute atomic E-state index is 0.000781. The average molecular weight is 778 g/mol. The van der Waals surface area contributed by atoms with Crippen LogP contribution < -0.4 is 14.4 Å². The second kappa shape index (κ2) is 19.7. The number of benzene rings is 3. The first kappa shape index (κ1) is 41.3. The molecule has 0 saturated carbocycles. The van der Waals surface area contributed by atoms with Crippen LogP contribution in [0.4, 0.5) is 17.1 Å². The molecule has 1 N–H and O–H groups in total. The van der Waals surface area contributed by atoms with Crippen molar-refractivity contribution < 1.29 is 18.9 Å². The number of halogens is 1. The Hall–Kier alpha value is -4.29. The number of anilines is 3. The van der Waals surface area contributed by atoms with Crippen molar-refractivity contribution in [1.29, 1.82) is 0 Å². The number of unbranched alkanes of at least 4 members (excludes halogenated alkanes) is 14. The van der Waals surface area contributed by atoms with E-state index < -0.39 is 0 Å². The number of para-hydroxylation sites is 1. The van der Waals surface area contributed by atoms with Crippen molar-refractivity contribution in [2.75, 3.05) is 16.3 Å². The number of fused-ring (bicyclic) bond motifs is 2. The highest BCUT2D eigenvalue weighted by Crippen LogP contribution is 2.49. The van der Waals surface area contributed by atoms with E-state index in [0.717, 1.165) is 83.9 Å². The number of Topliss-reactive ketones (excluding diaryl/α,β-unsaturated/α-hetero) is 1. The van der Waals surface area contributed by atoms with E-state index in [4.69, 9.17) is 16.0 Å². The number of aliphatic hydroxyl groups excluding tert-OH is 1. The van der Waals surface area contributed by atoms with Crippen molar-refractivity contribution in [3.05, 3.63) is 111 Å². The Labute approximate surface area is 340 Å². The van der Waals surface area contributed by atoms with Crippen LogP contribution in [0.1, 0.15) is 139 Å². The molecule has 1 aromatic heterocycles. The van der Waals surface area contributed by atoms with Gasteiger partial charge in [-0.2, -0.15) is 4.57 Å². The lowest BCUT2D eigenvalue weighted by atomic mass is 9.87. The molecule has 0 bridgehead atoms. The van der Waals surface area contributed by atoms with Crippen LogP contribution in [0.5, 0.6) is 0 Å². The second-order valence-corrected chi connectivity index (χ2v) is 16.4. The average Bonchev–Trinajstić information content (AvgIpc) is 3.67. The van der Waals surface area contributed by atoms with E-state index in [2.05, 4.69) is 72.4 Å². The summed E-state index contributed by atoms with van der Waals surface area (Å²) in [6.07, 6.45) is 23.3. The number of hydrogen-bond donors (Lipinski definition) is 1. The lowest BCUT2D eigenvalue weighted by molar-refractivity contribution is -0.678. The van der Waals surface area contributed by atoms with Crippen molar-refractivity contribution in [3.63, 3.8) is 0 Å². The van der Waals surface area contributed by atoms with E-state index >= 15 is 0 Å². The largest absolute Gasteiger partial charge is 0.506 e. The predicted molar refractivity (Wildman–Crippen MR) is 234 cm³/mol. The van der Waals surface area contributed by atoms with Crippen molar-refractivity contribution in [3.8, 4) is 0 Å². The lowest BCUT2D eigenvalue weighted by Crippen LogP contribution is -2.36. The summed E-state index contributed by atoms with van der Waals surface area (Å²) in [5, 5.41) is 12.4. The van der Waals surface area contributed by atoms with Crippen LogP contribution in [0, 0.1) is 20.8 Å². The highest BCUT2D eigenvalue weighted by atomic mass is 35.5. The fourth-order valence-corrected chi connectivity index (χ4v) is 8.26. The molecule has 0 fully saturated rings. The topological polar surface area (TPSA) is 60.8 Å². The van der Waals surface area contributed by atoms with Crippen molar-refractivity contribution in [2.45, 2.75) is 144 Å². The van der Waals surface area contributed by atoms with Gasteiger partial charge in [-0.15, -0.1) is 0 Å². The molecule has 1 aliphatic carbocycles. The Morgan fingerprint density at radius 1 is 0.714 bits per heavy atom. The first-order valence-electron chi connectivity index (χ1n) is 21.5. The van der Waals surface area contributed by atoms with E-state index in [1.54, 1.807) is 6.08 Å². The Balaban J connectivity index is 1.30. The predicted octanol–water partition coefficient (Wildman–Crippen LogP) is 13.9. The van der Waals surface area contributed by atoms with Crippen LogP contribution in [-0.2, 0) is 11.3 Å². The van der Waals surface area contributed by atoms with Gasteiger partial charge in [0.1, 0.15) is 11.6 Å². The Morgan fingerprint density at radius 3 is 1.96 bits per heavy atom. The second-order valence-electron chi connectivity index (χ2n) is 16.0. The van der Waals surface area contributed by atoms with E-state index in [0.29, 0.717) is 16.5 Å². The number of carbonyl (C=O) groups is 1. The molecular formula is C49H63ClN3O3+. The molecular weight excluding hydrogens is 714 g/mol. The zero-order valence-corrected chi connectivity index (χ0v) is 35.3. The maximum atomic E-state index is 14.1. The van der Waals surface area contributed by atoms with Gasteiger partial charge in [-0.25, -0.2) is 0 Å². The van der Waals surface area contributed by atoms with Gasteiger partial charge in [0, 0.05) is 29.7 Å². The number of rotatable bonds is 21. The van der Waals surface area contributed by atoms with Crippen molar-refractivity contribution in [2.24, 2.45) is 0 Å². The Kier molecular flexibility index (Phi) is 14.6. The van der Waals surface area contributed by atoms with E-state index in [-0.39, 0.29) is 17.1 Å². The number of aliphatic hydroxyl groups is 1. The summed E-state index contributed by atoms with van der Waals surface area (Å²) in [6.45, 7) is 12.3. The lowest BCUT2D eigenvalue weighted by Gasteiger charge is -2.27. The number of allylic oxidation sites excluding steroid dienone is 3. The molecule has 56 heavy (non-hydrogen) atoms. The number of oxazole rings is 1. The molecule has 298 valence electrons. The van der Waals surface area contributed by atoms with Crippen LogP contribution in [0.15, 0.2) is 87.8 Å². The fraction of sp³-hybridized carbons (Fsp3) is 0.469. The molecule has 6 nitrogen and oxygen atoms in total. The van der Waals surface area contributed by atoms with E-state index in [9.17, 15) is 9.90 Å². The van der Waals surface area contributed by atoms with Crippen molar-refractivity contribution >= 4 is 51.6 Å². The van der Waals surface area contributed by atoms with Gasteiger partial charge in [-0.1, -0.05) is 127 Å². The summed E-state index contributed by atoms with van der Waals surface area (Å²) in [6, 6.07) is 18.7. The number of hydrogen-bond acceptors (Lipinski definition) is 5. The van der Waals surface area contributed by atoms with E-state index in [1.165, 1.54) is 82.6 Å². The monoisotopic (exact) mass is 776 g/mol. The molecule has 4 aromatic rings. The highest BCUT2D eigenvalue weighted by Gasteiger charge is 2.39. The van der Waals surface area contributed by atoms with Crippen LogP contribution in [0.25, 0.3) is 17.2 Å². The zero-order valence-electron chi connectivity index (χ0n) is 34.6. The summed E-state index contributed by atoms with van der Waals surface area (Å²) < 4.78 is 8.62. The summed E-state index contributed by atoms with van der Waals surface area (Å²) >= 11 is 6.77. The molecule has 0 saturated heterocycles. The first-order chi connectivity index (χ1) is 27.2. The third-order valence-corrected chi connectivity index (χ3v) is 12.1. The summed E-state index contributed by atoms with van der Waals surface area (Å²) in [4.78, 5) is 18.6. The number of carbonyl (C=O) groups excluding carboxylic acids is 1. The fourth-order valence-electron chi connectivity index (χ4n) is 8.11. The number of ketones is 1. The van der Waals surface area contributed by atoms with Crippen LogP contribution in [0.3, 0.4) is 0 Å². The SMILES string of the molecule is CCCCCCCCCCN1/C(=C\C2=C(O)C(=Cc3oc4cc(C)c(C)cc4[n+]3CCCCCCCCCC)C2=O)N(c2ccccc2)c2cc(C)c(Cl)cc21. The molecule has 3 aromatic carbocycles. The summed E-state index contributed by atoms with van der Waals surface area (Å²) in [5.41, 5.74) is 8.77. The van der Waals surface area contributed by atoms with Crippen LogP contribution in [0.2, 0.25) is 5.02 Å². The first-order valence-corrected chi connectivity index (χ1v) is 21.9. The molecule has 1 aliphatic heterocycles. The van der Waals surface area contributed by atoms with Gasteiger partial charge in [0.05, 0.1) is 28.6 Å². The Morgan fingerprint density at radius 2 is 1.32 bits per heavy atom. The smallest absolute Gasteiger partial charge is 0.374 e. The summed E-state index contributed by atoms with van der Waals surface area (Å²) in [7, 11) is 0. The Bertz CT molecular complexity index is 2080. The highest BCUT2D eigenvalue weighted by molar-refractivity contribution is 6.32. The third-order valence-electron chi connectivity index (χ3n) is 11.7. The van der Waals surface area contributed by atoms with Crippen LogP contribution >= 0.6 is 11.6 Å². The molecule has 0 unspecified atom stereocenters. The van der Waals surface area contributed by atoms with Gasteiger partial charge >= 0.3 is 5.89 Å². The van der Waals surface area contributed by atoms with Gasteiger partial charge in [0.25, 0.3) is 5.52 Å². The molecule has 0 radical (unpaired) electrons. The van der Waals surface area contributed by atoms with Crippen LogP contribution in [-0.4, -0.2) is 17.4 Å². The molecule has 0 amide bonds. The normalized spacial score (nSPS) is 15.6. The maximum absolute atomic E-state index is 14.1. The summed E-state index contributed by atoms with van der Waals surface area (Å²) in [5.74, 6) is 1.24. The minimum atomic E-state index is -0.188. The van der Waals surface area contributed by atoms with Gasteiger partial charge in [0.2, 0.25) is 11.4 Å².